The summed E-state index contributed by atoms with van der Waals surface area (Å²) in [4.78, 5) is 18.5. The first-order chi connectivity index (χ1) is 7.18. The molecule has 0 amide bonds. The molecule has 0 unspecified atom stereocenters. The number of hydrogen-bond acceptors (Lipinski definition) is 4. The molecule has 0 bridgehead atoms. The van der Waals surface area contributed by atoms with Gasteiger partial charge in [-0.15, -0.1) is 0 Å². The van der Waals surface area contributed by atoms with Crippen molar-refractivity contribution in [1.82, 2.24) is 19.7 Å². The highest BCUT2D eigenvalue weighted by molar-refractivity contribution is 5.85. The van der Waals surface area contributed by atoms with Gasteiger partial charge in [0, 0.05) is 13.2 Å². The zero-order valence-electron chi connectivity index (χ0n) is 7.95. The number of aryl methyl sites for hydroxylation is 1. The first-order valence-electron chi connectivity index (χ1n) is 4.22. The minimum absolute atomic E-state index is 0.0753. The molecule has 2 aromatic heterocycles. The van der Waals surface area contributed by atoms with Crippen LogP contribution < -0.4 is 0 Å². The molecule has 1 N–H and O–H groups in total. The van der Waals surface area contributed by atoms with Crippen LogP contribution in [0.2, 0.25) is 0 Å². The van der Waals surface area contributed by atoms with Crippen molar-refractivity contribution in [3.8, 4) is 11.4 Å². The molecule has 0 aliphatic heterocycles. The molecule has 0 aliphatic carbocycles. The molecule has 0 aromatic carbocycles. The summed E-state index contributed by atoms with van der Waals surface area (Å²) in [7, 11) is 1.75. The molecule has 0 aliphatic rings. The Morgan fingerprint density at radius 3 is 2.87 bits per heavy atom. The largest absolute Gasteiger partial charge is 0.476 e. The van der Waals surface area contributed by atoms with Crippen molar-refractivity contribution in [2.75, 3.05) is 0 Å². The van der Waals surface area contributed by atoms with Gasteiger partial charge in [-0.05, 0) is 6.07 Å². The molecule has 76 valence electrons. The average molecular weight is 204 g/mol. The van der Waals surface area contributed by atoms with Gasteiger partial charge in [-0.25, -0.2) is 9.78 Å². The third kappa shape index (κ3) is 1.69. The third-order valence-electron chi connectivity index (χ3n) is 1.94. The Labute approximate surface area is 85.2 Å². The van der Waals surface area contributed by atoms with Crippen LogP contribution in [-0.4, -0.2) is 30.8 Å². The Kier molecular flexibility index (Phi) is 2.17. The molecule has 0 radical (unpaired) electrons. The number of carbonyl (C=O) groups is 1. The lowest BCUT2D eigenvalue weighted by Gasteiger charge is -2.01. The molecular weight excluding hydrogens is 196 g/mol. The van der Waals surface area contributed by atoms with Gasteiger partial charge in [0.25, 0.3) is 0 Å². The van der Waals surface area contributed by atoms with Gasteiger partial charge >= 0.3 is 5.97 Å². The van der Waals surface area contributed by atoms with E-state index >= 15 is 0 Å². The first kappa shape index (κ1) is 9.32. The van der Waals surface area contributed by atoms with Crippen molar-refractivity contribution < 1.29 is 9.90 Å². The second kappa shape index (κ2) is 3.49. The highest BCUT2D eigenvalue weighted by atomic mass is 16.4. The Hall–Kier alpha value is -2.24. The highest BCUT2D eigenvalue weighted by Crippen LogP contribution is 2.14. The fourth-order valence-electron chi connectivity index (χ4n) is 1.22. The summed E-state index contributed by atoms with van der Waals surface area (Å²) in [5.41, 5.74) is 1.15. The minimum atomic E-state index is -1.09. The second-order valence-electron chi connectivity index (χ2n) is 2.93. The van der Waals surface area contributed by atoms with Gasteiger partial charge in [0.05, 0.1) is 18.1 Å². The van der Waals surface area contributed by atoms with Crippen molar-refractivity contribution in [2.24, 2.45) is 7.05 Å². The summed E-state index contributed by atoms with van der Waals surface area (Å²) < 4.78 is 1.61. The lowest BCUT2D eigenvalue weighted by atomic mass is 10.3. The fourth-order valence-corrected chi connectivity index (χ4v) is 1.22. The molecule has 0 spiro atoms. The number of hydrogen-bond donors (Lipinski definition) is 1. The monoisotopic (exact) mass is 204 g/mol. The Morgan fingerprint density at radius 2 is 2.27 bits per heavy atom. The predicted octanol–water partition coefficient (Wildman–Crippen LogP) is 0.575. The fraction of sp³-hybridized carbons (Fsp3) is 0.111. The van der Waals surface area contributed by atoms with Crippen LogP contribution in [0.25, 0.3) is 11.4 Å². The normalized spacial score (nSPS) is 10.2. The van der Waals surface area contributed by atoms with Crippen LogP contribution in [0.5, 0.6) is 0 Å². The van der Waals surface area contributed by atoms with E-state index in [-0.39, 0.29) is 5.69 Å². The zero-order valence-corrected chi connectivity index (χ0v) is 7.95. The lowest BCUT2D eigenvalue weighted by Crippen LogP contribution is -2.03. The van der Waals surface area contributed by atoms with Crippen LogP contribution in [0.4, 0.5) is 0 Å². The van der Waals surface area contributed by atoms with Crippen LogP contribution in [0, 0.1) is 0 Å². The molecule has 2 rings (SSSR count). The molecule has 6 heteroatoms. The van der Waals surface area contributed by atoms with Gasteiger partial charge in [0.2, 0.25) is 0 Å². The average Bonchev–Trinajstić information content (AvgIpc) is 2.64. The van der Waals surface area contributed by atoms with E-state index in [1.54, 1.807) is 24.0 Å². The van der Waals surface area contributed by atoms with Crippen molar-refractivity contribution >= 4 is 5.97 Å². The Balaban J connectivity index is 2.50. The lowest BCUT2D eigenvalue weighted by molar-refractivity contribution is 0.0690. The molecular formula is C9H8N4O2. The summed E-state index contributed by atoms with van der Waals surface area (Å²) in [6, 6.07) is 1.75. The van der Waals surface area contributed by atoms with Crippen LogP contribution >= 0.6 is 0 Å². The van der Waals surface area contributed by atoms with E-state index < -0.39 is 5.97 Å². The molecule has 0 fully saturated rings. The van der Waals surface area contributed by atoms with E-state index in [1.165, 1.54) is 12.4 Å². The van der Waals surface area contributed by atoms with Crippen molar-refractivity contribution in [1.29, 1.82) is 0 Å². The van der Waals surface area contributed by atoms with Crippen LogP contribution in [0.3, 0.4) is 0 Å². The van der Waals surface area contributed by atoms with E-state index in [4.69, 9.17) is 5.11 Å². The van der Waals surface area contributed by atoms with Crippen molar-refractivity contribution in [2.45, 2.75) is 0 Å². The summed E-state index contributed by atoms with van der Waals surface area (Å²) in [6.07, 6.45) is 4.33. The topological polar surface area (TPSA) is 80.9 Å². The number of rotatable bonds is 2. The number of aromatic nitrogens is 4. The molecule has 2 aromatic rings. The van der Waals surface area contributed by atoms with Crippen molar-refractivity contribution in [3.05, 3.63) is 30.4 Å². The van der Waals surface area contributed by atoms with Gasteiger partial charge in [0.1, 0.15) is 5.69 Å². The number of carboxylic acid groups (broad SMARTS) is 1. The smallest absolute Gasteiger partial charge is 0.356 e. The van der Waals surface area contributed by atoms with E-state index in [2.05, 4.69) is 15.1 Å². The zero-order chi connectivity index (χ0) is 10.8. The number of aromatic carboxylic acids is 1. The summed E-state index contributed by atoms with van der Waals surface area (Å²) >= 11 is 0. The molecule has 2 heterocycles. The SMILES string of the molecule is Cn1nccc1-c1cncc(C(=O)O)n1. The maximum absolute atomic E-state index is 10.7. The molecule has 0 atom stereocenters. The van der Waals surface area contributed by atoms with Gasteiger partial charge < -0.3 is 5.11 Å². The third-order valence-corrected chi connectivity index (χ3v) is 1.94. The van der Waals surface area contributed by atoms with Crippen LogP contribution in [0.1, 0.15) is 10.5 Å². The van der Waals surface area contributed by atoms with E-state index in [1.807, 2.05) is 0 Å². The standard InChI is InChI=1S/C9H8N4O2/c1-13-8(2-3-11-13)6-4-10-5-7(12-6)9(14)15/h2-5H,1H3,(H,14,15). The van der Waals surface area contributed by atoms with E-state index in [0.717, 1.165) is 5.69 Å². The highest BCUT2D eigenvalue weighted by Gasteiger charge is 2.09. The van der Waals surface area contributed by atoms with Crippen LogP contribution in [-0.2, 0) is 7.05 Å². The van der Waals surface area contributed by atoms with E-state index in [9.17, 15) is 4.79 Å². The number of nitrogens with zero attached hydrogens (tertiary/aromatic N) is 4. The van der Waals surface area contributed by atoms with Crippen LogP contribution in [0.15, 0.2) is 24.7 Å². The first-order valence-corrected chi connectivity index (χ1v) is 4.22. The quantitative estimate of drug-likeness (QED) is 0.773. The second-order valence-corrected chi connectivity index (χ2v) is 2.93. The Morgan fingerprint density at radius 1 is 1.47 bits per heavy atom. The molecule has 0 saturated heterocycles. The summed E-state index contributed by atoms with van der Waals surface area (Å²) in [5.74, 6) is -1.09. The molecule has 15 heavy (non-hydrogen) atoms. The van der Waals surface area contributed by atoms with Gasteiger partial charge in [-0.1, -0.05) is 0 Å². The summed E-state index contributed by atoms with van der Waals surface area (Å²) in [5, 5.41) is 12.7. The summed E-state index contributed by atoms with van der Waals surface area (Å²) in [6.45, 7) is 0. The number of carboxylic acids is 1. The van der Waals surface area contributed by atoms with Gasteiger partial charge in [-0.2, -0.15) is 5.10 Å². The minimum Gasteiger partial charge on any atom is -0.476 e. The Bertz CT molecular complexity index is 506. The van der Waals surface area contributed by atoms with Gasteiger partial charge in [-0.3, -0.25) is 9.67 Å². The molecule has 6 nitrogen and oxygen atoms in total. The maximum atomic E-state index is 10.7. The molecule has 0 saturated carbocycles. The predicted molar refractivity (Wildman–Crippen MR) is 51.2 cm³/mol. The van der Waals surface area contributed by atoms with Gasteiger partial charge in [0.15, 0.2) is 5.69 Å². The van der Waals surface area contributed by atoms with E-state index in [0.29, 0.717) is 5.69 Å². The maximum Gasteiger partial charge on any atom is 0.356 e. The van der Waals surface area contributed by atoms with Crippen molar-refractivity contribution in [3.63, 3.8) is 0 Å².